The Morgan fingerprint density at radius 1 is 0.643 bits per heavy atom. The summed E-state index contributed by atoms with van der Waals surface area (Å²) in [5.74, 6) is -37.8. The molecule has 1 fully saturated rings. The first-order valence-corrected chi connectivity index (χ1v) is 6.99. The van der Waals surface area contributed by atoms with E-state index in [2.05, 4.69) is 9.47 Å². The van der Waals surface area contributed by atoms with Gasteiger partial charge in [0.05, 0.1) is 0 Å². The van der Waals surface area contributed by atoms with E-state index in [1.165, 1.54) is 0 Å². The van der Waals surface area contributed by atoms with Crippen molar-refractivity contribution in [2.45, 2.75) is 68.8 Å². The molecule has 0 saturated carbocycles. The third-order valence-corrected chi connectivity index (χ3v) is 3.25. The zero-order valence-corrected chi connectivity index (χ0v) is 13.8. The van der Waals surface area contributed by atoms with Crippen LogP contribution in [0.15, 0.2) is 0 Å². The summed E-state index contributed by atoms with van der Waals surface area (Å²) in [5, 5.41) is 0. The number of rotatable bonds is 5. The summed E-state index contributed by atoms with van der Waals surface area (Å²) in [6.07, 6.45) is -15.7. The van der Waals surface area contributed by atoms with Gasteiger partial charge in [-0.15, -0.1) is 0 Å². The molecule has 0 aromatic heterocycles. The number of hydrogen-bond acceptors (Lipinski definition) is 3. The average Bonchev–Trinajstić information content (AvgIpc) is 2.86. The molecule has 2 unspecified atom stereocenters. The van der Waals surface area contributed by atoms with E-state index < -0.39 is 54.2 Å². The summed E-state index contributed by atoms with van der Waals surface area (Å²) < 4.78 is 174. The zero-order valence-electron chi connectivity index (χ0n) is 13.8. The van der Waals surface area contributed by atoms with E-state index in [-0.39, 0.29) is 0 Å². The van der Waals surface area contributed by atoms with Crippen molar-refractivity contribution in [1.82, 2.24) is 0 Å². The summed E-state index contributed by atoms with van der Waals surface area (Å²) in [5.41, 5.74) is 0. The van der Waals surface area contributed by atoms with E-state index >= 15 is 0 Å². The van der Waals surface area contributed by atoms with E-state index in [0.717, 1.165) is 0 Å². The van der Waals surface area contributed by atoms with E-state index in [1.807, 2.05) is 13.8 Å². The second-order valence-corrected chi connectivity index (χ2v) is 5.03. The number of carbonyl (C=O) groups excluding carboxylic acids is 1. The van der Waals surface area contributed by atoms with Gasteiger partial charge >= 0.3 is 41.9 Å². The lowest BCUT2D eigenvalue weighted by atomic mass is 9.90. The Labute approximate surface area is 147 Å². The van der Waals surface area contributed by atoms with Crippen LogP contribution >= 0.6 is 0 Å². The molecule has 0 radical (unpaired) electrons. The van der Waals surface area contributed by atoms with Gasteiger partial charge in [0, 0.05) is 0 Å². The third-order valence-electron chi connectivity index (χ3n) is 3.25. The molecule has 0 aromatic rings. The highest BCUT2D eigenvalue weighted by Crippen LogP contribution is 2.61. The maximum absolute atomic E-state index is 13.6. The number of halogens is 13. The lowest BCUT2D eigenvalue weighted by Crippen LogP contribution is -2.72. The summed E-state index contributed by atoms with van der Waals surface area (Å²) in [6.45, 7) is 4.36. The molecule has 16 heteroatoms. The van der Waals surface area contributed by atoms with Crippen LogP contribution in [-0.4, -0.2) is 54.2 Å². The largest absolute Gasteiger partial charge is 0.509 e. The molecule has 28 heavy (non-hydrogen) atoms. The Morgan fingerprint density at radius 3 is 1.29 bits per heavy atom. The van der Waals surface area contributed by atoms with Gasteiger partial charge in [-0.1, -0.05) is 13.8 Å². The highest BCUT2D eigenvalue weighted by atomic mass is 19.4. The lowest BCUT2D eigenvalue weighted by molar-refractivity contribution is -0.444. The molecule has 1 heterocycles. The number of alkyl halides is 13. The number of carbonyl (C=O) groups is 1. The van der Waals surface area contributed by atoms with Crippen LogP contribution in [0.4, 0.5) is 61.9 Å². The lowest BCUT2D eigenvalue weighted by Gasteiger charge is -2.40. The molecule has 1 rings (SSSR count). The maximum Gasteiger partial charge on any atom is 0.509 e. The Kier molecular flexibility index (Phi) is 6.89. The molecule has 0 amide bonds. The second kappa shape index (κ2) is 7.31. The first kappa shape index (κ1) is 26.4. The molecule has 3 nitrogen and oxygen atoms in total. The average molecular weight is 450 g/mol. The fourth-order valence-electron chi connectivity index (χ4n) is 1.77. The van der Waals surface area contributed by atoms with E-state index in [9.17, 15) is 61.9 Å². The van der Waals surface area contributed by atoms with Gasteiger partial charge < -0.3 is 9.47 Å². The third kappa shape index (κ3) is 3.53. The fourth-order valence-corrected chi connectivity index (χ4v) is 1.77. The van der Waals surface area contributed by atoms with Crippen molar-refractivity contribution >= 4 is 6.16 Å². The van der Waals surface area contributed by atoms with Crippen molar-refractivity contribution in [3.63, 3.8) is 0 Å². The Morgan fingerprint density at radius 2 is 1.00 bits per heavy atom. The van der Waals surface area contributed by atoms with E-state index in [0.29, 0.717) is 6.92 Å². The van der Waals surface area contributed by atoms with Crippen molar-refractivity contribution in [2.75, 3.05) is 0 Å². The summed E-state index contributed by atoms with van der Waals surface area (Å²) in [6, 6.07) is 0. The van der Waals surface area contributed by atoms with Crippen LogP contribution in [0.2, 0.25) is 0 Å². The van der Waals surface area contributed by atoms with Crippen molar-refractivity contribution in [2.24, 2.45) is 0 Å². The molecular formula is C12H11F13O3. The molecule has 2 atom stereocenters. The maximum atomic E-state index is 13.6. The number of hydrogen-bond donors (Lipinski definition) is 0. The van der Waals surface area contributed by atoms with Gasteiger partial charge in [-0.3, -0.25) is 0 Å². The second-order valence-electron chi connectivity index (χ2n) is 5.03. The van der Waals surface area contributed by atoms with Crippen molar-refractivity contribution in [1.29, 1.82) is 0 Å². The predicted octanol–water partition coefficient (Wildman–Crippen LogP) is 5.68. The van der Waals surface area contributed by atoms with Crippen molar-refractivity contribution in [3.05, 3.63) is 0 Å². The van der Waals surface area contributed by atoms with Gasteiger partial charge in [-0.05, 0) is 6.92 Å². The molecule has 1 aliphatic rings. The Balaban J connectivity index is 0.00000352. The number of cyclic esters (lactones) is 2. The van der Waals surface area contributed by atoms with Gasteiger partial charge in [0.15, 0.2) is 0 Å². The summed E-state index contributed by atoms with van der Waals surface area (Å²) in [4.78, 5) is 10.5. The predicted molar refractivity (Wildman–Crippen MR) is 63.0 cm³/mol. The van der Waals surface area contributed by atoms with Crippen LogP contribution in [0.25, 0.3) is 0 Å². The minimum atomic E-state index is -8.00. The van der Waals surface area contributed by atoms with E-state index in [1.54, 1.807) is 0 Å². The Bertz CT molecular complexity index is 570. The van der Waals surface area contributed by atoms with E-state index in [4.69, 9.17) is 0 Å². The van der Waals surface area contributed by atoms with Crippen LogP contribution in [0.5, 0.6) is 0 Å². The molecule has 0 bridgehead atoms. The standard InChI is InChI=1S/C10H5F13O3.C2H6/c1-2-3(26-4(24)25-2)5(11,12)6(13,14)7(15,16)8(17,18)9(19,20)10(21,22)23;1-2/h2-3H,1H3;1-2H3. The first-order chi connectivity index (χ1) is 12.2. The van der Waals surface area contributed by atoms with Crippen LogP contribution in [-0.2, 0) is 9.47 Å². The summed E-state index contributed by atoms with van der Waals surface area (Å²) >= 11 is 0. The van der Waals surface area contributed by atoms with Gasteiger partial charge in [0.2, 0.25) is 6.10 Å². The molecule has 1 aliphatic heterocycles. The minimum Gasteiger partial charge on any atom is -0.427 e. The van der Waals surface area contributed by atoms with Crippen LogP contribution < -0.4 is 0 Å². The highest BCUT2D eigenvalue weighted by Gasteiger charge is 2.92. The molecule has 0 N–H and O–H groups in total. The Hall–Kier alpha value is -1.64. The van der Waals surface area contributed by atoms with Crippen molar-refractivity contribution in [3.8, 4) is 0 Å². The first-order valence-electron chi connectivity index (χ1n) is 6.99. The molecular weight excluding hydrogens is 439 g/mol. The topological polar surface area (TPSA) is 35.5 Å². The van der Waals surface area contributed by atoms with Crippen LogP contribution in [0.1, 0.15) is 20.8 Å². The zero-order chi connectivity index (χ0) is 23.1. The minimum absolute atomic E-state index is 0.361. The SMILES string of the molecule is CC.CC1OC(=O)OC1C(F)(F)C(F)(F)C(F)(F)C(F)(F)C(F)(F)C(F)(F)F. The normalized spacial score (nSPS) is 22.2. The highest BCUT2D eigenvalue weighted by molar-refractivity contribution is 5.62. The molecule has 0 aliphatic carbocycles. The summed E-state index contributed by atoms with van der Waals surface area (Å²) in [7, 11) is 0. The monoisotopic (exact) mass is 450 g/mol. The molecule has 168 valence electrons. The fraction of sp³-hybridized carbons (Fsp3) is 0.917. The van der Waals surface area contributed by atoms with Crippen LogP contribution in [0.3, 0.4) is 0 Å². The molecule has 0 spiro atoms. The van der Waals surface area contributed by atoms with Crippen LogP contribution in [0, 0.1) is 0 Å². The number of ether oxygens (including phenoxy) is 2. The molecule has 1 saturated heterocycles. The van der Waals surface area contributed by atoms with Gasteiger partial charge in [0.25, 0.3) is 0 Å². The van der Waals surface area contributed by atoms with Gasteiger partial charge in [0.1, 0.15) is 6.10 Å². The molecule has 0 aromatic carbocycles. The van der Waals surface area contributed by atoms with Gasteiger partial charge in [-0.2, -0.15) is 57.1 Å². The smallest absolute Gasteiger partial charge is 0.427 e. The quantitative estimate of drug-likeness (QED) is 0.400. The van der Waals surface area contributed by atoms with Crippen molar-refractivity contribution < 1.29 is 71.3 Å². The van der Waals surface area contributed by atoms with Gasteiger partial charge in [-0.25, -0.2) is 4.79 Å².